The highest BCUT2D eigenvalue weighted by molar-refractivity contribution is 6.21. The van der Waals surface area contributed by atoms with Gasteiger partial charge >= 0.3 is 0 Å². The fraction of sp³-hybridized carbons (Fsp3) is 0.483. The summed E-state index contributed by atoms with van der Waals surface area (Å²) in [6, 6.07) is 6.65. The molecule has 2 aliphatic carbocycles. The quantitative estimate of drug-likeness (QED) is 0.198. The number of rotatable bonds is 14. The lowest BCUT2D eigenvalue weighted by molar-refractivity contribution is -0.123. The molecule has 0 saturated heterocycles. The van der Waals surface area contributed by atoms with Crippen LogP contribution in [-0.2, 0) is 9.53 Å². The van der Waals surface area contributed by atoms with E-state index < -0.39 is 29.2 Å². The summed E-state index contributed by atoms with van der Waals surface area (Å²) in [6.45, 7) is 3.12. The number of amides is 2. The summed E-state index contributed by atoms with van der Waals surface area (Å²) in [7, 11) is 0. The van der Waals surface area contributed by atoms with Crippen LogP contribution in [0.3, 0.4) is 0 Å². The molecule has 0 aliphatic heterocycles. The van der Waals surface area contributed by atoms with Gasteiger partial charge in [0.15, 0.2) is 5.69 Å². The fourth-order valence-corrected chi connectivity index (χ4v) is 4.32. The zero-order valence-electron chi connectivity index (χ0n) is 22.5. The average molecular weight is 569 g/mol. The van der Waals surface area contributed by atoms with Crippen LogP contribution in [0.15, 0.2) is 54.3 Å². The zero-order valence-corrected chi connectivity index (χ0v) is 23.2. The van der Waals surface area contributed by atoms with Gasteiger partial charge in [-0.3, -0.25) is 9.59 Å². The number of ether oxygens (including phenoxy) is 1. The minimum Gasteiger partial charge on any atom is -0.377 e. The van der Waals surface area contributed by atoms with Crippen molar-refractivity contribution < 1.29 is 18.7 Å². The Labute approximate surface area is 238 Å². The number of carbonyl (C=O) groups is 2. The zero-order chi connectivity index (χ0) is 28.5. The topological polar surface area (TPSA) is 122 Å². The maximum absolute atomic E-state index is 13.3. The van der Waals surface area contributed by atoms with Gasteiger partial charge in [0, 0.05) is 13.0 Å². The van der Waals surface area contributed by atoms with Crippen molar-refractivity contribution in [3.8, 4) is 11.8 Å². The number of hydrogen-bond acceptors (Lipinski definition) is 6. The molecule has 1 aromatic carbocycles. The molecule has 2 aromatic rings. The number of nitrogens with zero attached hydrogens (tertiary/aromatic N) is 4. The first-order chi connectivity index (χ1) is 19.3. The summed E-state index contributed by atoms with van der Waals surface area (Å²) < 4.78 is 19.0. The third kappa shape index (κ3) is 8.23. The molecule has 2 N–H and O–H groups in total. The Morgan fingerprint density at radius 2 is 2.08 bits per heavy atom. The molecule has 9 nitrogen and oxygen atoms in total. The third-order valence-electron chi connectivity index (χ3n) is 7.08. The molecule has 1 unspecified atom stereocenters. The van der Waals surface area contributed by atoms with E-state index in [0.717, 1.165) is 12.2 Å². The Balaban J connectivity index is 1.48. The molecular weight excluding hydrogens is 535 g/mol. The number of nitriles is 1. The highest BCUT2D eigenvalue weighted by Crippen LogP contribution is 2.34. The molecule has 2 atom stereocenters. The van der Waals surface area contributed by atoms with Gasteiger partial charge in [-0.15, -0.1) is 16.7 Å². The van der Waals surface area contributed by atoms with Crippen LogP contribution in [-0.4, -0.2) is 57.0 Å². The van der Waals surface area contributed by atoms with Crippen LogP contribution >= 0.6 is 11.6 Å². The first-order valence-electron chi connectivity index (χ1n) is 13.6. The van der Waals surface area contributed by atoms with E-state index in [-0.39, 0.29) is 17.5 Å². The summed E-state index contributed by atoms with van der Waals surface area (Å²) in [6.07, 6.45) is 12.5. The lowest BCUT2D eigenvalue weighted by atomic mass is 9.86. The molecule has 2 saturated carbocycles. The van der Waals surface area contributed by atoms with Crippen molar-refractivity contribution in [1.82, 2.24) is 25.6 Å². The summed E-state index contributed by atoms with van der Waals surface area (Å²) in [5, 5.41) is 23.0. The Bertz CT molecular complexity index is 1280. The van der Waals surface area contributed by atoms with Crippen LogP contribution in [0.1, 0.15) is 62.4 Å². The molecule has 0 bridgehead atoms. The molecule has 1 aromatic heterocycles. The molecule has 11 heteroatoms. The number of carbonyl (C=O) groups excluding carboxylic acids is 2. The lowest BCUT2D eigenvalue weighted by Gasteiger charge is -2.24. The minimum atomic E-state index is -0.998. The Morgan fingerprint density at radius 1 is 1.32 bits per heavy atom. The normalized spacial score (nSPS) is 18.0. The van der Waals surface area contributed by atoms with E-state index in [0.29, 0.717) is 37.5 Å². The number of benzene rings is 1. The van der Waals surface area contributed by atoms with E-state index in [1.54, 1.807) is 0 Å². The second-order valence-corrected chi connectivity index (χ2v) is 10.9. The van der Waals surface area contributed by atoms with E-state index in [1.807, 2.05) is 25.2 Å². The number of nitrogens with one attached hydrogen (secondary N) is 2. The van der Waals surface area contributed by atoms with Gasteiger partial charge < -0.3 is 15.4 Å². The number of alkyl halides is 1. The molecule has 2 aliphatic rings. The summed E-state index contributed by atoms with van der Waals surface area (Å²) >= 11 is 6.43. The molecule has 40 heavy (non-hydrogen) atoms. The van der Waals surface area contributed by atoms with Crippen molar-refractivity contribution in [1.29, 1.82) is 5.26 Å². The van der Waals surface area contributed by atoms with Crippen LogP contribution in [0.25, 0.3) is 5.69 Å². The van der Waals surface area contributed by atoms with E-state index in [1.165, 1.54) is 54.5 Å². The Hall–Kier alpha value is -3.55. The summed E-state index contributed by atoms with van der Waals surface area (Å²) in [5.74, 6) is -0.851. The standard InChI is InChI=1S/C29H34ClFN6O3/c1-2-22(30)15-21(7-4-14-40-18-20-5-3-6-20)16-25(28(39)35-29(19-32)12-13-29)34-27(38)26-17-33-37(36-26)24-10-8-23(31)9-11-24/h4,7-11,15,17,20,22,25H,2-3,5-6,12-14,16,18H2,1H3,(H,34,38)(H,35,39)/b7-4-,21-15+/t22?,25-/m0/s1. The minimum absolute atomic E-state index is 0.0159. The predicted octanol–water partition coefficient (Wildman–Crippen LogP) is 4.38. The monoisotopic (exact) mass is 568 g/mol. The van der Waals surface area contributed by atoms with Gasteiger partial charge in [0.2, 0.25) is 5.91 Å². The van der Waals surface area contributed by atoms with E-state index in [9.17, 15) is 19.2 Å². The van der Waals surface area contributed by atoms with Gasteiger partial charge in [0.25, 0.3) is 5.91 Å². The van der Waals surface area contributed by atoms with Gasteiger partial charge in [-0.1, -0.05) is 31.6 Å². The molecule has 2 amide bonds. The lowest BCUT2D eigenvalue weighted by Crippen LogP contribution is -2.50. The SMILES string of the molecule is CCC(Cl)/C=C(\C=C/COCC1CCC1)C[C@H](NC(=O)c1cnn(-c2ccc(F)cc2)n1)C(=O)NC1(C#N)CC1. The average Bonchev–Trinajstić information content (AvgIpc) is 3.51. The van der Waals surface area contributed by atoms with Crippen molar-refractivity contribution in [2.45, 2.75) is 68.8 Å². The van der Waals surface area contributed by atoms with E-state index >= 15 is 0 Å². The van der Waals surface area contributed by atoms with Crippen molar-refractivity contribution >= 4 is 23.4 Å². The maximum Gasteiger partial charge on any atom is 0.274 e. The smallest absolute Gasteiger partial charge is 0.274 e. The number of halogens is 2. The summed E-state index contributed by atoms with van der Waals surface area (Å²) in [5.41, 5.74) is 0.311. The number of hydrogen-bond donors (Lipinski definition) is 2. The molecule has 1 heterocycles. The first-order valence-corrected chi connectivity index (χ1v) is 14.1. The molecule has 0 spiro atoms. The van der Waals surface area contributed by atoms with Gasteiger partial charge in [-0.05, 0) is 67.9 Å². The number of aromatic nitrogens is 3. The van der Waals surface area contributed by atoms with Crippen LogP contribution in [0, 0.1) is 23.1 Å². The Kier molecular flexibility index (Phi) is 10.1. The second kappa shape index (κ2) is 13.7. The van der Waals surface area contributed by atoms with Crippen LogP contribution < -0.4 is 10.6 Å². The largest absolute Gasteiger partial charge is 0.377 e. The van der Waals surface area contributed by atoms with Crippen molar-refractivity contribution in [2.75, 3.05) is 13.2 Å². The van der Waals surface area contributed by atoms with Crippen LogP contribution in [0.5, 0.6) is 0 Å². The van der Waals surface area contributed by atoms with E-state index in [2.05, 4.69) is 26.9 Å². The van der Waals surface area contributed by atoms with Crippen LogP contribution in [0.4, 0.5) is 4.39 Å². The fourth-order valence-electron chi connectivity index (χ4n) is 4.16. The molecule has 4 rings (SSSR count). The van der Waals surface area contributed by atoms with Crippen molar-refractivity contribution in [2.24, 2.45) is 5.92 Å². The predicted molar refractivity (Wildman–Crippen MR) is 148 cm³/mol. The molecule has 2 fully saturated rings. The highest BCUT2D eigenvalue weighted by atomic mass is 35.5. The van der Waals surface area contributed by atoms with Gasteiger partial charge in [0.05, 0.1) is 29.9 Å². The van der Waals surface area contributed by atoms with Gasteiger partial charge in [-0.2, -0.15) is 15.2 Å². The molecular formula is C29H34ClFN6O3. The first kappa shape index (κ1) is 29.4. The Morgan fingerprint density at radius 3 is 2.70 bits per heavy atom. The van der Waals surface area contributed by atoms with Gasteiger partial charge in [-0.25, -0.2) is 4.39 Å². The maximum atomic E-state index is 13.3. The third-order valence-corrected chi connectivity index (χ3v) is 7.51. The summed E-state index contributed by atoms with van der Waals surface area (Å²) in [4.78, 5) is 27.7. The van der Waals surface area contributed by atoms with Crippen LogP contribution in [0.2, 0.25) is 0 Å². The second-order valence-electron chi connectivity index (χ2n) is 10.3. The highest BCUT2D eigenvalue weighted by Gasteiger charge is 2.45. The number of allylic oxidation sites excluding steroid dienone is 2. The molecule has 212 valence electrons. The van der Waals surface area contributed by atoms with Gasteiger partial charge in [0.1, 0.15) is 17.4 Å². The van der Waals surface area contributed by atoms with Crippen molar-refractivity contribution in [3.63, 3.8) is 0 Å². The van der Waals surface area contributed by atoms with Crippen molar-refractivity contribution in [3.05, 3.63) is 65.8 Å². The molecule has 0 radical (unpaired) electrons. The van der Waals surface area contributed by atoms with E-state index in [4.69, 9.17) is 16.3 Å².